The zero-order valence-electron chi connectivity index (χ0n) is 7.01. The van der Waals surface area contributed by atoms with Gasteiger partial charge in [-0.1, -0.05) is 0 Å². The van der Waals surface area contributed by atoms with Crippen molar-refractivity contribution in [2.45, 2.75) is 9.07 Å². The van der Waals surface area contributed by atoms with Crippen molar-refractivity contribution in [2.75, 3.05) is 6.61 Å². The minimum absolute atomic E-state index is 0.441. The quantitative estimate of drug-likeness (QED) is 0.573. The summed E-state index contributed by atoms with van der Waals surface area (Å²) in [6.45, 7) is 2.58. The van der Waals surface area contributed by atoms with Gasteiger partial charge in [0.1, 0.15) is 0 Å². The molecule has 2 nitrogen and oxygen atoms in total. The van der Waals surface area contributed by atoms with E-state index in [4.69, 9.17) is 4.84 Å². The third-order valence-corrected chi connectivity index (χ3v) is 2.60. The molecule has 0 N–H and O–H groups in total. The molecule has 1 aromatic heterocycles. The first-order chi connectivity index (χ1) is 6.05. The second kappa shape index (κ2) is 4.75. The van der Waals surface area contributed by atoms with Crippen LogP contribution in [0.5, 0.6) is 0 Å². The van der Waals surface area contributed by atoms with Gasteiger partial charge in [0.25, 0.3) is 5.69 Å². The van der Waals surface area contributed by atoms with Gasteiger partial charge in [0.2, 0.25) is 8.34 Å². The van der Waals surface area contributed by atoms with Gasteiger partial charge in [0, 0.05) is 16.9 Å². The Morgan fingerprint density at radius 1 is 1.38 bits per heavy atom. The van der Waals surface area contributed by atoms with E-state index in [1.54, 1.807) is 4.73 Å². The summed E-state index contributed by atoms with van der Waals surface area (Å²) in [4.78, 5) is 5.39. The smallest absolute Gasteiger partial charge is 0.271 e. The van der Waals surface area contributed by atoms with Crippen LogP contribution in [0.1, 0.15) is 12.6 Å². The summed E-state index contributed by atoms with van der Waals surface area (Å²) in [7, 11) is 0. The summed E-state index contributed by atoms with van der Waals surface area (Å²) in [5.41, 5.74) is 0.942. The molecule has 0 aliphatic rings. The number of aromatic nitrogens is 1. The van der Waals surface area contributed by atoms with Crippen molar-refractivity contribution >= 4 is 47.8 Å². The number of alkyl halides is 3. The Kier molecular flexibility index (Phi) is 4.19. The molecule has 72 valence electrons. The molecule has 1 heterocycles. The minimum Gasteiger partial charge on any atom is -0.271 e. The SMILES string of the molecule is CCO[n+]1ccccc1C(Br)(Br)Br. The lowest BCUT2D eigenvalue weighted by Crippen LogP contribution is -2.47. The molecule has 0 fully saturated rings. The predicted octanol–water partition coefficient (Wildman–Crippen LogP) is 2.72. The Hall–Kier alpha value is 0.390. The fourth-order valence-electron chi connectivity index (χ4n) is 0.899. The van der Waals surface area contributed by atoms with Gasteiger partial charge in [-0.2, -0.15) is 0 Å². The van der Waals surface area contributed by atoms with E-state index in [-0.39, 0.29) is 0 Å². The van der Waals surface area contributed by atoms with E-state index >= 15 is 0 Å². The van der Waals surface area contributed by atoms with Gasteiger partial charge < -0.3 is 0 Å². The lowest BCUT2D eigenvalue weighted by Gasteiger charge is -2.08. The van der Waals surface area contributed by atoms with Crippen LogP contribution in [-0.2, 0) is 2.14 Å². The highest BCUT2D eigenvalue weighted by Crippen LogP contribution is 2.42. The average Bonchev–Trinajstić information content (AvgIpc) is 2.04. The maximum absolute atomic E-state index is 5.39. The van der Waals surface area contributed by atoms with Crippen molar-refractivity contribution in [3.05, 3.63) is 30.1 Å². The first kappa shape index (κ1) is 11.5. The Morgan fingerprint density at radius 3 is 2.62 bits per heavy atom. The molecule has 1 aromatic rings. The summed E-state index contributed by atoms with van der Waals surface area (Å²) in [6.07, 6.45) is 1.86. The molecule has 0 aliphatic carbocycles. The van der Waals surface area contributed by atoms with Crippen molar-refractivity contribution in [1.82, 2.24) is 0 Å². The number of halogens is 3. The molecule has 0 bridgehead atoms. The van der Waals surface area contributed by atoms with Crippen LogP contribution in [0.4, 0.5) is 0 Å². The summed E-state index contributed by atoms with van der Waals surface area (Å²) >= 11 is 10.3. The number of pyridine rings is 1. The number of nitrogens with zero attached hydrogens (tertiary/aromatic N) is 1. The van der Waals surface area contributed by atoms with Crippen LogP contribution in [0.3, 0.4) is 0 Å². The summed E-state index contributed by atoms with van der Waals surface area (Å²) in [5, 5.41) is 0. The molecule has 0 amide bonds. The van der Waals surface area contributed by atoms with Gasteiger partial charge >= 0.3 is 0 Å². The van der Waals surface area contributed by atoms with Gasteiger partial charge in [0.05, 0.1) is 0 Å². The summed E-state index contributed by atoms with van der Waals surface area (Å²) in [6, 6.07) is 5.81. The molecule has 0 spiro atoms. The molecule has 5 heteroatoms. The maximum atomic E-state index is 5.39. The van der Waals surface area contributed by atoms with Crippen LogP contribution < -0.4 is 9.57 Å². The van der Waals surface area contributed by atoms with Crippen LogP contribution in [0, 0.1) is 0 Å². The van der Waals surface area contributed by atoms with Crippen molar-refractivity contribution < 1.29 is 9.57 Å². The first-order valence-electron chi connectivity index (χ1n) is 3.77. The van der Waals surface area contributed by atoms with E-state index in [0.29, 0.717) is 6.61 Å². The van der Waals surface area contributed by atoms with E-state index in [2.05, 4.69) is 47.8 Å². The normalized spacial score (nSPS) is 11.4. The zero-order valence-corrected chi connectivity index (χ0v) is 11.8. The standard InChI is InChI=1S/C8H9Br3NO/c1-2-13-12-6-4-3-5-7(12)8(9,10)11/h3-6H,2H2,1H3/q+1. The summed E-state index contributed by atoms with van der Waals surface area (Å²) in [5.74, 6) is 0. The van der Waals surface area contributed by atoms with Crippen molar-refractivity contribution in [3.8, 4) is 0 Å². The highest BCUT2D eigenvalue weighted by Gasteiger charge is 2.32. The van der Waals surface area contributed by atoms with Gasteiger partial charge in [0.15, 0.2) is 6.61 Å². The Balaban J connectivity index is 3.05. The number of hydrogen-bond donors (Lipinski definition) is 0. The van der Waals surface area contributed by atoms with Crippen molar-refractivity contribution in [3.63, 3.8) is 0 Å². The highest BCUT2D eigenvalue weighted by molar-refractivity contribution is 9.38. The Morgan fingerprint density at radius 2 is 2.08 bits per heavy atom. The maximum Gasteiger partial charge on any atom is 0.272 e. The molecule has 0 aromatic carbocycles. The molecular formula is C8H9Br3NO+. The Bertz CT molecular complexity index is 285. The topological polar surface area (TPSA) is 13.1 Å². The van der Waals surface area contributed by atoms with E-state index in [0.717, 1.165) is 5.69 Å². The van der Waals surface area contributed by atoms with Crippen molar-refractivity contribution in [2.24, 2.45) is 0 Å². The minimum atomic E-state index is -0.441. The van der Waals surface area contributed by atoms with Gasteiger partial charge in [-0.3, -0.25) is 4.84 Å². The molecule has 0 radical (unpaired) electrons. The van der Waals surface area contributed by atoms with Crippen LogP contribution in [0.25, 0.3) is 0 Å². The van der Waals surface area contributed by atoms with Crippen LogP contribution >= 0.6 is 47.8 Å². The van der Waals surface area contributed by atoms with E-state index in [1.165, 1.54) is 0 Å². The summed E-state index contributed by atoms with van der Waals surface area (Å²) < 4.78 is 1.27. The molecule has 0 atom stereocenters. The predicted molar refractivity (Wildman–Crippen MR) is 62.2 cm³/mol. The second-order valence-corrected chi connectivity index (χ2v) is 9.09. The third-order valence-electron chi connectivity index (χ3n) is 1.38. The van der Waals surface area contributed by atoms with Gasteiger partial charge in [-0.05, 0) is 60.8 Å². The molecule has 0 unspecified atom stereocenters. The van der Waals surface area contributed by atoms with Crippen LogP contribution in [0.15, 0.2) is 24.4 Å². The van der Waals surface area contributed by atoms with Gasteiger partial charge in [-0.25, -0.2) is 0 Å². The van der Waals surface area contributed by atoms with E-state index in [1.807, 2.05) is 31.3 Å². The Labute approximate surface area is 103 Å². The van der Waals surface area contributed by atoms with E-state index in [9.17, 15) is 0 Å². The molecule has 0 saturated carbocycles. The second-order valence-electron chi connectivity index (χ2n) is 2.33. The lowest BCUT2D eigenvalue weighted by molar-refractivity contribution is -0.895. The fourth-order valence-corrected chi connectivity index (χ4v) is 1.82. The van der Waals surface area contributed by atoms with Gasteiger partial charge in [-0.15, -0.1) is 0 Å². The molecular weight excluding hydrogens is 366 g/mol. The third kappa shape index (κ3) is 3.22. The fraction of sp³-hybridized carbons (Fsp3) is 0.375. The largest absolute Gasteiger partial charge is 0.272 e. The highest BCUT2D eigenvalue weighted by atomic mass is 80.0. The zero-order chi connectivity index (χ0) is 9.90. The molecule has 0 saturated heterocycles. The average molecular weight is 375 g/mol. The molecule has 1 rings (SSSR count). The molecule has 13 heavy (non-hydrogen) atoms. The monoisotopic (exact) mass is 372 g/mol. The van der Waals surface area contributed by atoms with E-state index < -0.39 is 2.14 Å². The first-order valence-corrected chi connectivity index (χ1v) is 6.14. The number of hydrogen-bond acceptors (Lipinski definition) is 1. The van der Waals surface area contributed by atoms with Crippen LogP contribution in [0.2, 0.25) is 0 Å². The number of rotatable bonds is 2. The van der Waals surface area contributed by atoms with Crippen molar-refractivity contribution in [1.29, 1.82) is 0 Å². The molecule has 0 aliphatic heterocycles. The lowest BCUT2D eigenvalue weighted by atomic mass is 10.4. The van der Waals surface area contributed by atoms with Crippen LogP contribution in [-0.4, -0.2) is 6.61 Å².